The topological polar surface area (TPSA) is 51.6 Å². The third kappa shape index (κ3) is 4.45. The molecule has 196 valence electrons. The normalized spacial score (nSPS) is 11.3. The summed E-state index contributed by atoms with van der Waals surface area (Å²) in [5.41, 5.74) is 8.26. The minimum absolute atomic E-state index is 0.921. The number of pyridine rings is 4. The van der Waals surface area contributed by atoms with Gasteiger partial charge in [-0.15, -0.1) is 0 Å². The second-order valence-corrected chi connectivity index (χ2v) is 10.5. The van der Waals surface area contributed by atoms with Crippen molar-refractivity contribution in [3.63, 3.8) is 0 Å². The lowest BCUT2D eigenvalue weighted by Gasteiger charge is -2.12. The molecular weight excluding hydrogens is 512 g/mol. The van der Waals surface area contributed by atoms with Crippen LogP contribution < -0.4 is 0 Å². The van der Waals surface area contributed by atoms with Crippen molar-refractivity contribution in [3.8, 4) is 44.9 Å². The smallest absolute Gasteiger partial charge is 0.0715 e. The molecule has 4 aromatic carbocycles. The molecule has 0 bridgehead atoms. The summed E-state index contributed by atoms with van der Waals surface area (Å²) in [5, 5.41) is 6.86. The number of fused-ring (bicyclic) bond motifs is 3. The SMILES string of the molecule is c1ccc2cc(-c3ccc(-c4cc(-c5ccc6cnccc6c5)cc(-c5ccc6cnccc6c5)n4)cc3)ncc2c1. The van der Waals surface area contributed by atoms with E-state index in [1.54, 1.807) is 0 Å². The van der Waals surface area contributed by atoms with Crippen LogP contribution in [0.2, 0.25) is 0 Å². The van der Waals surface area contributed by atoms with Crippen LogP contribution in [0.1, 0.15) is 0 Å². The summed E-state index contributed by atoms with van der Waals surface area (Å²) in [5.74, 6) is 0. The minimum atomic E-state index is 0.921. The highest BCUT2D eigenvalue weighted by Crippen LogP contribution is 2.33. The number of hydrogen-bond acceptors (Lipinski definition) is 4. The van der Waals surface area contributed by atoms with Gasteiger partial charge in [0.2, 0.25) is 0 Å². The van der Waals surface area contributed by atoms with Crippen molar-refractivity contribution >= 4 is 32.3 Å². The van der Waals surface area contributed by atoms with Crippen LogP contribution in [0.25, 0.3) is 77.2 Å². The second kappa shape index (κ2) is 10.0. The molecule has 0 fully saturated rings. The fourth-order valence-corrected chi connectivity index (χ4v) is 5.55. The maximum Gasteiger partial charge on any atom is 0.0715 e. The van der Waals surface area contributed by atoms with Crippen molar-refractivity contribution < 1.29 is 0 Å². The lowest BCUT2D eigenvalue weighted by molar-refractivity contribution is 1.32. The van der Waals surface area contributed by atoms with Gasteiger partial charge in [0, 0.05) is 63.8 Å². The number of hydrogen-bond donors (Lipinski definition) is 0. The molecule has 4 nitrogen and oxygen atoms in total. The largest absolute Gasteiger partial charge is 0.264 e. The second-order valence-electron chi connectivity index (χ2n) is 10.5. The summed E-state index contributed by atoms with van der Waals surface area (Å²) >= 11 is 0. The highest BCUT2D eigenvalue weighted by molar-refractivity contribution is 5.90. The van der Waals surface area contributed by atoms with E-state index < -0.39 is 0 Å². The molecule has 0 aliphatic rings. The molecule has 0 saturated heterocycles. The summed E-state index contributed by atoms with van der Waals surface area (Å²) < 4.78 is 0. The number of nitrogens with zero attached hydrogens (tertiary/aromatic N) is 4. The first-order valence-corrected chi connectivity index (χ1v) is 13.9. The average Bonchev–Trinajstić information content (AvgIpc) is 3.07. The third-order valence-corrected chi connectivity index (χ3v) is 7.84. The van der Waals surface area contributed by atoms with Gasteiger partial charge >= 0.3 is 0 Å². The maximum atomic E-state index is 5.17. The molecule has 8 aromatic rings. The molecule has 8 rings (SSSR count). The van der Waals surface area contributed by atoms with Crippen LogP contribution in [0.15, 0.2) is 146 Å². The quantitative estimate of drug-likeness (QED) is 0.225. The van der Waals surface area contributed by atoms with Crippen molar-refractivity contribution in [1.29, 1.82) is 0 Å². The molecule has 0 aliphatic carbocycles. The fraction of sp³-hybridized carbons (Fsp3) is 0. The van der Waals surface area contributed by atoms with Crippen LogP contribution in [0, 0.1) is 0 Å². The Morgan fingerprint density at radius 1 is 0.333 bits per heavy atom. The summed E-state index contributed by atoms with van der Waals surface area (Å²) in [7, 11) is 0. The van der Waals surface area contributed by atoms with E-state index in [0.717, 1.165) is 71.8 Å². The van der Waals surface area contributed by atoms with Gasteiger partial charge in [-0.05, 0) is 69.8 Å². The summed E-state index contributed by atoms with van der Waals surface area (Å²) in [4.78, 5) is 18.4. The van der Waals surface area contributed by atoms with Gasteiger partial charge in [0.1, 0.15) is 0 Å². The Hall–Kier alpha value is -5.74. The maximum absolute atomic E-state index is 5.17. The molecule has 42 heavy (non-hydrogen) atoms. The molecule has 0 radical (unpaired) electrons. The predicted molar refractivity (Wildman–Crippen MR) is 172 cm³/mol. The molecule has 0 unspecified atom stereocenters. The van der Waals surface area contributed by atoms with Crippen molar-refractivity contribution in [2.45, 2.75) is 0 Å². The summed E-state index contributed by atoms with van der Waals surface area (Å²) in [6, 6.07) is 40.4. The Morgan fingerprint density at radius 3 is 1.57 bits per heavy atom. The van der Waals surface area contributed by atoms with Gasteiger partial charge in [-0.3, -0.25) is 15.0 Å². The van der Waals surface area contributed by atoms with E-state index in [2.05, 4.69) is 113 Å². The summed E-state index contributed by atoms with van der Waals surface area (Å²) in [6.07, 6.45) is 9.40. The van der Waals surface area contributed by atoms with Crippen LogP contribution in [0.4, 0.5) is 0 Å². The Balaban J connectivity index is 1.25. The van der Waals surface area contributed by atoms with Crippen LogP contribution in [0.3, 0.4) is 0 Å². The molecule has 0 amide bonds. The third-order valence-electron chi connectivity index (χ3n) is 7.84. The van der Waals surface area contributed by atoms with E-state index in [-0.39, 0.29) is 0 Å². The first-order valence-electron chi connectivity index (χ1n) is 13.9. The molecular formula is C38H24N4. The first-order chi connectivity index (χ1) is 20.8. The van der Waals surface area contributed by atoms with Gasteiger partial charge in [0.25, 0.3) is 0 Å². The highest BCUT2D eigenvalue weighted by atomic mass is 14.7. The van der Waals surface area contributed by atoms with Crippen LogP contribution in [0.5, 0.6) is 0 Å². The van der Waals surface area contributed by atoms with E-state index in [1.807, 2.05) is 43.1 Å². The number of aromatic nitrogens is 4. The van der Waals surface area contributed by atoms with Gasteiger partial charge in [0.15, 0.2) is 0 Å². The van der Waals surface area contributed by atoms with E-state index in [0.29, 0.717) is 0 Å². The molecule has 0 N–H and O–H groups in total. The van der Waals surface area contributed by atoms with Gasteiger partial charge in [-0.1, -0.05) is 72.8 Å². The zero-order valence-corrected chi connectivity index (χ0v) is 22.6. The lowest BCUT2D eigenvalue weighted by atomic mass is 9.97. The zero-order chi connectivity index (χ0) is 27.9. The van der Waals surface area contributed by atoms with Crippen molar-refractivity contribution in [3.05, 3.63) is 146 Å². The Kier molecular flexibility index (Phi) is 5.75. The van der Waals surface area contributed by atoms with Gasteiger partial charge in [-0.2, -0.15) is 0 Å². The van der Waals surface area contributed by atoms with Gasteiger partial charge in [-0.25, -0.2) is 4.98 Å². The molecule has 0 spiro atoms. The van der Waals surface area contributed by atoms with Crippen LogP contribution in [-0.4, -0.2) is 19.9 Å². The Morgan fingerprint density at radius 2 is 0.857 bits per heavy atom. The Labute approximate surface area is 243 Å². The average molecular weight is 537 g/mol. The molecule has 4 heteroatoms. The van der Waals surface area contributed by atoms with Gasteiger partial charge < -0.3 is 0 Å². The highest BCUT2D eigenvalue weighted by Gasteiger charge is 2.11. The molecule has 0 aliphatic heterocycles. The monoisotopic (exact) mass is 536 g/mol. The van der Waals surface area contributed by atoms with E-state index >= 15 is 0 Å². The van der Waals surface area contributed by atoms with E-state index in [4.69, 9.17) is 9.97 Å². The minimum Gasteiger partial charge on any atom is -0.264 e. The lowest BCUT2D eigenvalue weighted by Crippen LogP contribution is -1.92. The van der Waals surface area contributed by atoms with Crippen LogP contribution in [-0.2, 0) is 0 Å². The van der Waals surface area contributed by atoms with E-state index in [1.165, 1.54) is 5.39 Å². The molecule has 4 aromatic heterocycles. The van der Waals surface area contributed by atoms with E-state index in [9.17, 15) is 0 Å². The fourth-order valence-electron chi connectivity index (χ4n) is 5.55. The zero-order valence-electron chi connectivity index (χ0n) is 22.6. The van der Waals surface area contributed by atoms with Crippen LogP contribution >= 0.6 is 0 Å². The first kappa shape index (κ1) is 24.1. The van der Waals surface area contributed by atoms with Gasteiger partial charge in [0.05, 0.1) is 17.1 Å². The molecule has 0 atom stereocenters. The summed E-state index contributed by atoms with van der Waals surface area (Å²) in [6.45, 7) is 0. The van der Waals surface area contributed by atoms with Crippen molar-refractivity contribution in [2.24, 2.45) is 0 Å². The number of benzene rings is 4. The molecule has 4 heterocycles. The Bertz CT molecular complexity index is 2160. The standard InChI is InChI=1S/C38H24N4/c1-2-4-32-24-41-36(19-27(32)3-1)25-5-7-26(8-6-25)37-20-35(28-9-11-33-22-39-15-13-29(33)17-28)21-38(42-37)31-10-12-34-23-40-16-14-30(34)18-31/h1-24H. The van der Waals surface area contributed by atoms with Crippen molar-refractivity contribution in [2.75, 3.05) is 0 Å². The number of rotatable bonds is 4. The predicted octanol–water partition coefficient (Wildman–Crippen LogP) is 9.39. The molecule has 0 saturated carbocycles. The van der Waals surface area contributed by atoms with Crippen molar-refractivity contribution in [1.82, 2.24) is 19.9 Å².